The molecule has 0 spiro atoms. The Morgan fingerprint density at radius 2 is 1.90 bits per heavy atom. The fourth-order valence-corrected chi connectivity index (χ4v) is 3.17. The first-order valence-electron chi connectivity index (χ1n) is 10.1. The third-order valence-electron chi connectivity index (χ3n) is 4.52. The molecule has 7 nitrogen and oxygen atoms in total. The molecule has 2 rings (SSSR count). The molecule has 0 saturated carbocycles. The maximum atomic E-state index is 12.2. The summed E-state index contributed by atoms with van der Waals surface area (Å²) in [5.74, 6) is 0.607. The van der Waals surface area contributed by atoms with Crippen molar-refractivity contribution in [2.24, 2.45) is 0 Å². The summed E-state index contributed by atoms with van der Waals surface area (Å²) in [7, 11) is 0. The van der Waals surface area contributed by atoms with E-state index in [1.807, 2.05) is 65.9 Å². The van der Waals surface area contributed by atoms with Crippen molar-refractivity contribution in [1.82, 2.24) is 15.2 Å². The summed E-state index contributed by atoms with van der Waals surface area (Å²) in [4.78, 5) is 29.2. The minimum atomic E-state index is -0.528. The third-order valence-corrected chi connectivity index (χ3v) is 4.52. The fourth-order valence-electron chi connectivity index (χ4n) is 3.17. The maximum absolute atomic E-state index is 12.2. The highest BCUT2D eigenvalue weighted by Crippen LogP contribution is 2.28. The molecule has 0 saturated heterocycles. The van der Waals surface area contributed by atoms with E-state index in [2.05, 4.69) is 10.3 Å². The molecular formula is C22H33N3O4. The van der Waals surface area contributed by atoms with E-state index in [9.17, 15) is 9.59 Å². The molecule has 0 unspecified atom stereocenters. The van der Waals surface area contributed by atoms with Gasteiger partial charge in [-0.25, -0.2) is 4.79 Å². The monoisotopic (exact) mass is 403 g/mol. The second kappa shape index (κ2) is 9.67. The lowest BCUT2D eigenvalue weighted by atomic mass is 10.1. The summed E-state index contributed by atoms with van der Waals surface area (Å²) < 4.78 is 11.1. The zero-order chi connectivity index (χ0) is 21.6. The summed E-state index contributed by atoms with van der Waals surface area (Å²) in [6.45, 7) is 12.7. The van der Waals surface area contributed by atoms with Crippen molar-refractivity contribution in [2.45, 2.75) is 59.6 Å². The quantitative estimate of drug-likeness (QED) is 0.701. The topological polar surface area (TPSA) is 83.7 Å². The van der Waals surface area contributed by atoms with Gasteiger partial charge in [-0.2, -0.15) is 0 Å². The Morgan fingerprint density at radius 3 is 2.52 bits per heavy atom. The van der Waals surface area contributed by atoms with Gasteiger partial charge in [0.15, 0.2) is 6.61 Å². The number of carbonyl (C=O) groups is 2. The number of amides is 2. The summed E-state index contributed by atoms with van der Waals surface area (Å²) in [5.41, 5.74) is 1.38. The van der Waals surface area contributed by atoms with Crippen molar-refractivity contribution >= 4 is 22.9 Å². The Kier molecular flexibility index (Phi) is 7.53. The van der Waals surface area contributed by atoms with Gasteiger partial charge in [0.1, 0.15) is 11.4 Å². The first kappa shape index (κ1) is 22.6. The molecule has 29 heavy (non-hydrogen) atoms. The van der Waals surface area contributed by atoms with E-state index in [0.29, 0.717) is 25.3 Å². The normalized spacial score (nSPS) is 12.5. The van der Waals surface area contributed by atoms with E-state index in [0.717, 1.165) is 16.5 Å². The first-order valence-corrected chi connectivity index (χ1v) is 10.1. The van der Waals surface area contributed by atoms with Crippen LogP contribution >= 0.6 is 0 Å². The molecule has 2 N–H and O–H groups in total. The van der Waals surface area contributed by atoms with E-state index in [-0.39, 0.29) is 18.6 Å². The summed E-state index contributed by atoms with van der Waals surface area (Å²) in [6, 6.07) is 5.65. The van der Waals surface area contributed by atoms with Gasteiger partial charge in [0.05, 0.1) is 5.52 Å². The average Bonchev–Trinajstić information content (AvgIpc) is 3.02. The van der Waals surface area contributed by atoms with Crippen LogP contribution in [0.2, 0.25) is 0 Å². The lowest BCUT2D eigenvalue weighted by molar-refractivity contribution is -0.132. The van der Waals surface area contributed by atoms with E-state index < -0.39 is 11.7 Å². The van der Waals surface area contributed by atoms with Gasteiger partial charge in [0.2, 0.25) is 0 Å². The number of likely N-dealkylation sites (N-methyl/N-ethyl adjacent to an activating group) is 1. The van der Waals surface area contributed by atoms with E-state index in [4.69, 9.17) is 9.47 Å². The van der Waals surface area contributed by atoms with Gasteiger partial charge in [-0.1, -0.05) is 12.1 Å². The summed E-state index contributed by atoms with van der Waals surface area (Å²) in [5, 5.41) is 3.87. The van der Waals surface area contributed by atoms with Crippen LogP contribution in [0.4, 0.5) is 4.79 Å². The number of H-pyrrole nitrogens is 1. The summed E-state index contributed by atoms with van der Waals surface area (Å²) >= 11 is 0. The van der Waals surface area contributed by atoms with Crippen LogP contribution in [0.3, 0.4) is 0 Å². The van der Waals surface area contributed by atoms with E-state index >= 15 is 0 Å². The van der Waals surface area contributed by atoms with Crippen LogP contribution in [0.5, 0.6) is 5.75 Å². The molecule has 7 heteroatoms. The molecule has 1 atom stereocenters. The van der Waals surface area contributed by atoms with E-state index in [1.54, 1.807) is 4.90 Å². The standard InChI is InChI=1S/C22H33N3O4/c1-7-25(8-2)19(26)14-28-18-11-9-10-17-16(13-23-20(17)18)12-15(3)24-21(27)29-22(4,5)6/h9-11,13,15,23H,7-8,12,14H2,1-6H3,(H,24,27)/t15-/m1/s1. The van der Waals surface area contributed by atoms with Crippen LogP contribution in [0.15, 0.2) is 24.4 Å². The van der Waals surface area contributed by atoms with Crippen molar-refractivity contribution in [1.29, 1.82) is 0 Å². The van der Waals surface area contributed by atoms with Gasteiger partial charge in [0, 0.05) is 30.7 Å². The van der Waals surface area contributed by atoms with Crippen molar-refractivity contribution in [3.8, 4) is 5.75 Å². The Hall–Kier alpha value is -2.70. The highest BCUT2D eigenvalue weighted by Gasteiger charge is 2.19. The highest BCUT2D eigenvalue weighted by atomic mass is 16.6. The molecule has 2 aromatic rings. The lowest BCUT2D eigenvalue weighted by Crippen LogP contribution is -2.38. The SMILES string of the molecule is CCN(CC)C(=O)COc1cccc2c(C[C@@H](C)NC(=O)OC(C)(C)C)c[nH]c12. The van der Waals surface area contributed by atoms with Crippen LogP contribution in [0.25, 0.3) is 10.9 Å². The molecule has 160 valence electrons. The van der Waals surface area contributed by atoms with Crippen molar-refractivity contribution < 1.29 is 19.1 Å². The van der Waals surface area contributed by atoms with Gasteiger partial charge in [-0.3, -0.25) is 4.79 Å². The first-order chi connectivity index (χ1) is 13.6. The van der Waals surface area contributed by atoms with Crippen LogP contribution in [-0.4, -0.2) is 53.2 Å². The molecular weight excluding hydrogens is 370 g/mol. The minimum Gasteiger partial charge on any atom is -0.482 e. The number of hydrogen-bond acceptors (Lipinski definition) is 4. The second-order valence-electron chi connectivity index (χ2n) is 8.10. The number of alkyl carbamates (subject to hydrolysis) is 1. The zero-order valence-corrected chi connectivity index (χ0v) is 18.3. The lowest BCUT2D eigenvalue weighted by Gasteiger charge is -2.21. The Bertz CT molecular complexity index is 834. The number of ether oxygens (including phenoxy) is 2. The zero-order valence-electron chi connectivity index (χ0n) is 18.3. The van der Waals surface area contributed by atoms with Crippen molar-refractivity contribution in [3.63, 3.8) is 0 Å². The predicted octanol–water partition coefficient (Wildman–Crippen LogP) is 3.87. The summed E-state index contributed by atoms with van der Waals surface area (Å²) in [6.07, 6.45) is 2.13. The van der Waals surface area contributed by atoms with Gasteiger partial charge < -0.3 is 24.7 Å². The highest BCUT2D eigenvalue weighted by molar-refractivity contribution is 5.89. The largest absolute Gasteiger partial charge is 0.482 e. The average molecular weight is 404 g/mol. The number of carbonyl (C=O) groups excluding carboxylic acids is 2. The van der Waals surface area contributed by atoms with Crippen LogP contribution in [0.1, 0.15) is 47.1 Å². The number of aromatic amines is 1. The minimum absolute atomic E-state index is 0.00570. The molecule has 0 fully saturated rings. The van der Waals surface area contributed by atoms with Crippen LogP contribution in [-0.2, 0) is 16.0 Å². The third kappa shape index (κ3) is 6.41. The smallest absolute Gasteiger partial charge is 0.407 e. The number of fused-ring (bicyclic) bond motifs is 1. The van der Waals surface area contributed by atoms with Crippen LogP contribution in [0, 0.1) is 0 Å². The van der Waals surface area contributed by atoms with Crippen molar-refractivity contribution in [2.75, 3.05) is 19.7 Å². The Morgan fingerprint density at radius 1 is 1.21 bits per heavy atom. The molecule has 0 aliphatic carbocycles. The van der Waals surface area contributed by atoms with Gasteiger partial charge in [0.25, 0.3) is 5.91 Å². The maximum Gasteiger partial charge on any atom is 0.407 e. The molecule has 0 bridgehead atoms. The molecule has 1 aromatic heterocycles. The molecule has 0 aliphatic rings. The second-order valence-corrected chi connectivity index (χ2v) is 8.10. The van der Waals surface area contributed by atoms with Gasteiger partial charge >= 0.3 is 6.09 Å². The van der Waals surface area contributed by atoms with Crippen molar-refractivity contribution in [3.05, 3.63) is 30.0 Å². The number of hydrogen-bond donors (Lipinski definition) is 2. The molecule has 1 heterocycles. The van der Waals surface area contributed by atoms with Gasteiger partial charge in [-0.15, -0.1) is 0 Å². The molecule has 1 aromatic carbocycles. The number of nitrogens with one attached hydrogen (secondary N) is 2. The molecule has 0 radical (unpaired) electrons. The number of aromatic nitrogens is 1. The predicted molar refractivity (Wildman–Crippen MR) is 114 cm³/mol. The fraction of sp³-hybridized carbons (Fsp3) is 0.545. The van der Waals surface area contributed by atoms with Crippen LogP contribution < -0.4 is 10.1 Å². The number of para-hydroxylation sites is 1. The number of nitrogens with zero attached hydrogens (tertiary/aromatic N) is 1. The Balaban J connectivity index is 2.05. The Labute approximate surface area is 172 Å². The molecule has 0 aliphatic heterocycles. The number of rotatable bonds is 8. The molecule has 2 amide bonds. The van der Waals surface area contributed by atoms with E-state index in [1.165, 1.54) is 0 Å². The van der Waals surface area contributed by atoms with Gasteiger partial charge in [-0.05, 0) is 59.6 Å². The number of benzene rings is 1.